The SMILES string of the molecule is Cc1ccc2c(c1)c1cc(-c3cc(N(c4ccccc4)c4ccc(-c5ccccc5)cc4)cc(N(c4ccccc4)c4ccc(-c5ccccc5)cc4)c3)ccc1n2-c1ccccc1. The number of hydrogen-bond acceptors (Lipinski definition) is 2. The van der Waals surface area contributed by atoms with E-state index in [0.29, 0.717) is 0 Å². The van der Waals surface area contributed by atoms with E-state index < -0.39 is 0 Å². The summed E-state index contributed by atoms with van der Waals surface area (Å²) in [4.78, 5) is 4.76. The molecule has 11 rings (SSSR count). The van der Waals surface area contributed by atoms with E-state index in [1.165, 1.54) is 49.6 Å². The summed E-state index contributed by atoms with van der Waals surface area (Å²) < 4.78 is 2.39. The Morgan fingerprint density at radius 3 is 1.12 bits per heavy atom. The fraction of sp³-hybridized carbons (Fsp3) is 0.0164. The molecule has 1 aromatic heterocycles. The van der Waals surface area contributed by atoms with Crippen molar-refractivity contribution in [1.29, 1.82) is 0 Å². The number of benzene rings is 10. The lowest BCUT2D eigenvalue weighted by molar-refractivity contribution is 1.18. The maximum absolute atomic E-state index is 2.39. The molecule has 3 heteroatoms. The van der Waals surface area contributed by atoms with Crippen LogP contribution < -0.4 is 9.80 Å². The van der Waals surface area contributed by atoms with Gasteiger partial charge in [-0.15, -0.1) is 0 Å². The molecule has 0 spiro atoms. The molecule has 0 saturated carbocycles. The summed E-state index contributed by atoms with van der Waals surface area (Å²) >= 11 is 0. The first-order valence-electron chi connectivity index (χ1n) is 21.9. The first-order chi connectivity index (χ1) is 31.6. The molecule has 0 atom stereocenters. The molecule has 0 aliphatic heterocycles. The molecule has 0 aliphatic carbocycles. The summed E-state index contributed by atoms with van der Waals surface area (Å²) in [5, 5.41) is 2.46. The maximum atomic E-state index is 2.39. The van der Waals surface area contributed by atoms with Crippen LogP contribution in [-0.4, -0.2) is 4.57 Å². The van der Waals surface area contributed by atoms with Gasteiger partial charge in [-0.05, 0) is 143 Å². The third kappa shape index (κ3) is 7.40. The minimum Gasteiger partial charge on any atom is -0.310 e. The smallest absolute Gasteiger partial charge is 0.0541 e. The number of hydrogen-bond donors (Lipinski definition) is 0. The average molecular weight is 820 g/mol. The first-order valence-corrected chi connectivity index (χ1v) is 21.9. The molecule has 0 unspecified atom stereocenters. The minimum absolute atomic E-state index is 1.05. The van der Waals surface area contributed by atoms with Crippen LogP contribution in [0, 0.1) is 6.92 Å². The standard InChI is InChI=1S/C61H45N3/c1-44-27-37-60-58(39-44)59-42-49(32-38-61(59)64(60)53-25-15-6-16-26-53)50-40-56(62(51-21-11-4-12-22-51)54-33-28-47(29-34-54)45-17-7-2-8-18-45)43-57(41-50)63(52-23-13-5-14-24-52)55-35-30-48(31-36-55)46-19-9-3-10-20-46/h2-43H,1H3. The summed E-state index contributed by atoms with van der Waals surface area (Å²) in [6.45, 7) is 2.18. The minimum atomic E-state index is 1.05. The Kier molecular flexibility index (Phi) is 10.1. The predicted molar refractivity (Wildman–Crippen MR) is 271 cm³/mol. The molecule has 1 heterocycles. The largest absolute Gasteiger partial charge is 0.310 e. The Morgan fingerprint density at radius 1 is 0.266 bits per heavy atom. The van der Waals surface area contributed by atoms with Crippen LogP contribution in [0.15, 0.2) is 255 Å². The molecule has 304 valence electrons. The zero-order chi connectivity index (χ0) is 42.8. The fourth-order valence-electron chi connectivity index (χ4n) is 9.11. The van der Waals surface area contributed by atoms with Crippen molar-refractivity contribution >= 4 is 55.9 Å². The topological polar surface area (TPSA) is 11.4 Å². The number of aromatic nitrogens is 1. The van der Waals surface area contributed by atoms with Gasteiger partial charge in [0.05, 0.1) is 11.0 Å². The highest BCUT2D eigenvalue weighted by atomic mass is 15.2. The fourth-order valence-corrected chi connectivity index (χ4v) is 9.11. The van der Waals surface area contributed by atoms with Gasteiger partial charge in [-0.3, -0.25) is 0 Å². The second kappa shape index (κ2) is 16.8. The van der Waals surface area contributed by atoms with E-state index in [2.05, 4.69) is 276 Å². The molecule has 0 bridgehead atoms. The van der Waals surface area contributed by atoms with Crippen molar-refractivity contribution in [2.24, 2.45) is 0 Å². The molecular formula is C61H45N3. The van der Waals surface area contributed by atoms with Gasteiger partial charge in [0.1, 0.15) is 0 Å². The average Bonchev–Trinajstić information content (AvgIpc) is 3.69. The molecule has 64 heavy (non-hydrogen) atoms. The van der Waals surface area contributed by atoms with Gasteiger partial charge in [0.25, 0.3) is 0 Å². The Labute approximate surface area is 375 Å². The number of rotatable bonds is 10. The van der Waals surface area contributed by atoms with E-state index in [0.717, 1.165) is 50.9 Å². The zero-order valence-electron chi connectivity index (χ0n) is 35.6. The molecule has 0 amide bonds. The lowest BCUT2D eigenvalue weighted by atomic mass is 9.99. The Balaban J connectivity index is 1.14. The monoisotopic (exact) mass is 819 g/mol. The van der Waals surface area contributed by atoms with Crippen molar-refractivity contribution in [1.82, 2.24) is 4.57 Å². The van der Waals surface area contributed by atoms with Gasteiger partial charge in [-0.1, -0.05) is 157 Å². The van der Waals surface area contributed by atoms with Gasteiger partial charge in [0, 0.05) is 50.6 Å². The molecule has 11 aromatic rings. The van der Waals surface area contributed by atoms with Crippen molar-refractivity contribution in [2.45, 2.75) is 6.92 Å². The summed E-state index contributed by atoms with van der Waals surface area (Å²) in [5.74, 6) is 0. The van der Waals surface area contributed by atoms with E-state index in [1.807, 2.05) is 0 Å². The van der Waals surface area contributed by atoms with Gasteiger partial charge in [0.2, 0.25) is 0 Å². The molecule has 0 saturated heterocycles. The molecule has 0 aliphatic rings. The predicted octanol–water partition coefficient (Wildman–Crippen LogP) is 17.0. The number of fused-ring (bicyclic) bond motifs is 3. The summed E-state index contributed by atoms with van der Waals surface area (Å²) in [6.07, 6.45) is 0. The molecule has 3 nitrogen and oxygen atoms in total. The van der Waals surface area contributed by atoms with Crippen LogP contribution in [0.1, 0.15) is 5.56 Å². The number of aryl methyl sites for hydroxylation is 1. The molecule has 10 aromatic carbocycles. The summed E-state index contributed by atoms with van der Waals surface area (Å²) in [5.41, 5.74) is 18.2. The van der Waals surface area contributed by atoms with Crippen LogP contribution in [0.4, 0.5) is 34.1 Å². The molecular weight excluding hydrogens is 775 g/mol. The highest BCUT2D eigenvalue weighted by Gasteiger charge is 2.21. The lowest BCUT2D eigenvalue weighted by Gasteiger charge is -2.30. The van der Waals surface area contributed by atoms with Crippen molar-refractivity contribution < 1.29 is 0 Å². The normalized spacial score (nSPS) is 11.2. The van der Waals surface area contributed by atoms with E-state index >= 15 is 0 Å². The van der Waals surface area contributed by atoms with Gasteiger partial charge in [0.15, 0.2) is 0 Å². The third-order valence-electron chi connectivity index (χ3n) is 12.2. The van der Waals surface area contributed by atoms with Crippen LogP contribution in [0.5, 0.6) is 0 Å². The number of nitrogens with zero attached hydrogens (tertiary/aromatic N) is 3. The van der Waals surface area contributed by atoms with Gasteiger partial charge < -0.3 is 14.4 Å². The van der Waals surface area contributed by atoms with Crippen LogP contribution >= 0.6 is 0 Å². The highest BCUT2D eigenvalue weighted by molar-refractivity contribution is 6.11. The van der Waals surface area contributed by atoms with Crippen LogP contribution in [0.25, 0.3) is 60.9 Å². The highest BCUT2D eigenvalue weighted by Crippen LogP contribution is 2.45. The van der Waals surface area contributed by atoms with E-state index in [9.17, 15) is 0 Å². The van der Waals surface area contributed by atoms with Crippen LogP contribution in [0.2, 0.25) is 0 Å². The Morgan fingerprint density at radius 2 is 0.641 bits per heavy atom. The lowest BCUT2D eigenvalue weighted by Crippen LogP contribution is -2.13. The van der Waals surface area contributed by atoms with E-state index in [1.54, 1.807) is 0 Å². The van der Waals surface area contributed by atoms with E-state index in [-0.39, 0.29) is 0 Å². The molecule has 0 N–H and O–H groups in total. The van der Waals surface area contributed by atoms with Crippen molar-refractivity contribution in [3.8, 4) is 39.1 Å². The van der Waals surface area contributed by atoms with Crippen LogP contribution in [0.3, 0.4) is 0 Å². The number of para-hydroxylation sites is 3. The van der Waals surface area contributed by atoms with Crippen LogP contribution in [-0.2, 0) is 0 Å². The maximum Gasteiger partial charge on any atom is 0.0541 e. The van der Waals surface area contributed by atoms with Crippen molar-refractivity contribution in [3.05, 3.63) is 260 Å². The van der Waals surface area contributed by atoms with Crippen molar-refractivity contribution in [3.63, 3.8) is 0 Å². The zero-order valence-corrected chi connectivity index (χ0v) is 35.6. The second-order valence-electron chi connectivity index (χ2n) is 16.3. The third-order valence-corrected chi connectivity index (χ3v) is 12.2. The Bertz CT molecular complexity index is 3200. The van der Waals surface area contributed by atoms with Gasteiger partial charge in [-0.2, -0.15) is 0 Å². The van der Waals surface area contributed by atoms with Gasteiger partial charge >= 0.3 is 0 Å². The molecule has 0 radical (unpaired) electrons. The number of anilines is 6. The quantitative estimate of drug-likeness (QED) is 0.136. The summed E-state index contributed by atoms with van der Waals surface area (Å²) in [6, 6.07) is 92.0. The van der Waals surface area contributed by atoms with Crippen molar-refractivity contribution in [2.75, 3.05) is 9.80 Å². The van der Waals surface area contributed by atoms with Gasteiger partial charge in [-0.25, -0.2) is 0 Å². The Hall–Kier alpha value is -8.40. The van der Waals surface area contributed by atoms with E-state index in [4.69, 9.17) is 0 Å². The second-order valence-corrected chi connectivity index (χ2v) is 16.3. The first kappa shape index (κ1) is 38.5. The molecule has 0 fully saturated rings. The summed E-state index contributed by atoms with van der Waals surface area (Å²) in [7, 11) is 0.